The van der Waals surface area contributed by atoms with Gasteiger partial charge in [-0.15, -0.1) is 0 Å². The molecule has 0 unspecified atom stereocenters. The summed E-state index contributed by atoms with van der Waals surface area (Å²) in [4.78, 5) is 27.9. The van der Waals surface area contributed by atoms with Crippen molar-refractivity contribution in [3.8, 4) is 0 Å². The standard InChI is InChI=1S/C23H26BrN3O5S/c1-32-23(29)8-7-22(28)27-10-9-17-15-20(5-6-21(17)27)33(30,31)26-13-11-25(12-14-26)19-4-2-3-18(24)16-19/h2-6,15-16H,7-14H2,1H3. The molecule has 2 heterocycles. The van der Waals surface area contributed by atoms with Crippen LogP contribution in [0.4, 0.5) is 11.4 Å². The number of rotatable bonds is 6. The summed E-state index contributed by atoms with van der Waals surface area (Å²) in [7, 11) is -2.34. The molecule has 2 aliphatic heterocycles. The number of sulfonamides is 1. The number of halogens is 1. The minimum absolute atomic E-state index is 0.0273. The fraction of sp³-hybridized carbons (Fsp3) is 0.391. The molecule has 33 heavy (non-hydrogen) atoms. The lowest BCUT2D eigenvalue weighted by atomic mass is 10.2. The van der Waals surface area contributed by atoms with Gasteiger partial charge in [-0.05, 0) is 48.4 Å². The summed E-state index contributed by atoms with van der Waals surface area (Å²) in [6.45, 7) is 2.52. The topological polar surface area (TPSA) is 87.2 Å². The van der Waals surface area contributed by atoms with E-state index >= 15 is 0 Å². The van der Waals surface area contributed by atoms with E-state index in [4.69, 9.17) is 0 Å². The number of hydrogen-bond donors (Lipinski definition) is 0. The van der Waals surface area contributed by atoms with E-state index in [-0.39, 0.29) is 23.6 Å². The molecule has 1 fully saturated rings. The fourth-order valence-electron chi connectivity index (χ4n) is 4.25. The first-order valence-electron chi connectivity index (χ1n) is 10.8. The van der Waals surface area contributed by atoms with E-state index in [0.717, 1.165) is 15.7 Å². The van der Waals surface area contributed by atoms with Crippen LogP contribution in [0.2, 0.25) is 0 Å². The highest BCUT2D eigenvalue weighted by atomic mass is 79.9. The van der Waals surface area contributed by atoms with Gasteiger partial charge < -0.3 is 14.5 Å². The first-order valence-corrected chi connectivity index (χ1v) is 13.0. The van der Waals surface area contributed by atoms with Crippen LogP contribution in [0.1, 0.15) is 18.4 Å². The maximum atomic E-state index is 13.3. The van der Waals surface area contributed by atoms with Crippen molar-refractivity contribution < 1.29 is 22.7 Å². The van der Waals surface area contributed by atoms with Crippen LogP contribution in [-0.4, -0.2) is 64.4 Å². The van der Waals surface area contributed by atoms with Gasteiger partial charge in [0.1, 0.15) is 0 Å². The van der Waals surface area contributed by atoms with E-state index < -0.39 is 16.0 Å². The highest BCUT2D eigenvalue weighted by Crippen LogP contribution is 2.32. The van der Waals surface area contributed by atoms with E-state index in [1.807, 2.05) is 24.3 Å². The van der Waals surface area contributed by atoms with E-state index in [1.54, 1.807) is 23.1 Å². The summed E-state index contributed by atoms with van der Waals surface area (Å²) in [6, 6.07) is 12.9. The number of ether oxygens (including phenoxy) is 1. The van der Waals surface area contributed by atoms with Crippen LogP contribution in [-0.2, 0) is 30.8 Å². The molecule has 1 amide bonds. The second-order valence-electron chi connectivity index (χ2n) is 8.03. The molecule has 0 atom stereocenters. The monoisotopic (exact) mass is 535 g/mol. The van der Waals surface area contributed by atoms with E-state index in [9.17, 15) is 18.0 Å². The molecule has 0 aromatic heterocycles. The quantitative estimate of drug-likeness (QED) is 0.528. The Morgan fingerprint density at radius 1 is 1.00 bits per heavy atom. The van der Waals surface area contributed by atoms with E-state index in [0.29, 0.717) is 44.8 Å². The summed E-state index contributed by atoms with van der Waals surface area (Å²) in [5.41, 5.74) is 2.61. The van der Waals surface area contributed by atoms with Crippen LogP contribution in [0, 0.1) is 0 Å². The van der Waals surface area contributed by atoms with Crippen molar-refractivity contribution >= 4 is 49.2 Å². The van der Waals surface area contributed by atoms with Crippen molar-refractivity contribution in [2.45, 2.75) is 24.2 Å². The Bertz CT molecular complexity index is 1160. The Morgan fingerprint density at radius 3 is 2.45 bits per heavy atom. The van der Waals surface area contributed by atoms with Crippen LogP contribution in [0.25, 0.3) is 0 Å². The van der Waals surface area contributed by atoms with Crippen molar-refractivity contribution in [2.24, 2.45) is 0 Å². The SMILES string of the molecule is COC(=O)CCC(=O)N1CCc2cc(S(=O)(=O)N3CCN(c4cccc(Br)c4)CC3)ccc21. The number of nitrogens with zero attached hydrogens (tertiary/aromatic N) is 3. The van der Waals surface area contributed by atoms with Crippen LogP contribution >= 0.6 is 15.9 Å². The molecule has 0 N–H and O–H groups in total. The predicted molar refractivity (Wildman–Crippen MR) is 129 cm³/mol. The summed E-state index contributed by atoms with van der Waals surface area (Å²) in [5.74, 6) is -0.595. The van der Waals surface area contributed by atoms with Gasteiger partial charge in [-0.2, -0.15) is 4.31 Å². The zero-order valence-corrected chi connectivity index (χ0v) is 20.8. The second kappa shape index (κ2) is 9.82. The molecule has 176 valence electrons. The number of benzene rings is 2. The van der Waals surface area contributed by atoms with E-state index in [1.165, 1.54) is 11.4 Å². The molecule has 1 saturated heterocycles. The van der Waals surface area contributed by atoms with Crippen LogP contribution in [0.3, 0.4) is 0 Å². The number of hydrogen-bond acceptors (Lipinski definition) is 6. The molecule has 0 saturated carbocycles. The van der Waals surface area contributed by atoms with Gasteiger partial charge in [0.2, 0.25) is 15.9 Å². The third-order valence-corrected chi connectivity index (χ3v) is 8.46. The Morgan fingerprint density at radius 2 is 1.76 bits per heavy atom. The normalized spacial score (nSPS) is 16.5. The number of fused-ring (bicyclic) bond motifs is 1. The number of piperazine rings is 1. The van der Waals surface area contributed by atoms with Crippen molar-refractivity contribution in [1.82, 2.24) is 4.31 Å². The lowest BCUT2D eigenvalue weighted by molar-refractivity contribution is -0.141. The van der Waals surface area contributed by atoms with Gasteiger partial charge in [-0.25, -0.2) is 8.42 Å². The lowest BCUT2D eigenvalue weighted by Gasteiger charge is -2.35. The third-order valence-electron chi connectivity index (χ3n) is 6.07. The van der Waals surface area contributed by atoms with Gasteiger partial charge in [0.05, 0.1) is 18.4 Å². The number of carbonyl (C=O) groups excluding carboxylic acids is 2. The third kappa shape index (κ3) is 5.07. The highest BCUT2D eigenvalue weighted by Gasteiger charge is 2.31. The molecule has 2 aromatic carbocycles. The Kier molecular flexibility index (Phi) is 7.06. The number of methoxy groups -OCH3 is 1. The molecule has 0 radical (unpaired) electrons. The highest BCUT2D eigenvalue weighted by molar-refractivity contribution is 9.10. The number of anilines is 2. The molecule has 4 rings (SSSR count). The molecule has 0 bridgehead atoms. The maximum Gasteiger partial charge on any atom is 0.306 e. The average molecular weight is 536 g/mol. The average Bonchev–Trinajstić information content (AvgIpc) is 3.26. The lowest BCUT2D eigenvalue weighted by Crippen LogP contribution is -2.48. The predicted octanol–water partition coefficient (Wildman–Crippen LogP) is 2.80. The zero-order chi connectivity index (χ0) is 23.6. The van der Waals surface area contributed by atoms with Crippen LogP contribution < -0.4 is 9.80 Å². The summed E-state index contributed by atoms with van der Waals surface area (Å²) < 4.78 is 33.7. The Balaban J connectivity index is 1.43. The molecule has 10 heteroatoms. The number of carbonyl (C=O) groups is 2. The minimum Gasteiger partial charge on any atom is -0.469 e. The summed E-state index contributed by atoms with van der Waals surface area (Å²) in [6.07, 6.45) is 0.674. The van der Waals surface area contributed by atoms with Gasteiger partial charge in [0, 0.05) is 55.0 Å². The largest absolute Gasteiger partial charge is 0.469 e. The minimum atomic E-state index is -3.63. The van der Waals surface area contributed by atoms with Gasteiger partial charge in [-0.3, -0.25) is 9.59 Å². The smallest absolute Gasteiger partial charge is 0.306 e. The number of amides is 1. The van der Waals surface area contributed by atoms with Crippen LogP contribution in [0.5, 0.6) is 0 Å². The second-order valence-corrected chi connectivity index (χ2v) is 10.9. The van der Waals surface area contributed by atoms with E-state index in [2.05, 4.69) is 25.6 Å². The molecule has 2 aliphatic rings. The summed E-state index contributed by atoms with van der Waals surface area (Å²) in [5, 5.41) is 0. The molecule has 0 aliphatic carbocycles. The Labute approximate surface area is 202 Å². The van der Waals surface area contributed by atoms with Gasteiger partial charge in [-0.1, -0.05) is 22.0 Å². The van der Waals surface area contributed by atoms with Gasteiger partial charge in [0.25, 0.3) is 0 Å². The van der Waals surface area contributed by atoms with Crippen LogP contribution in [0.15, 0.2) is 51.8 Å². The summed E-state index contributed by atoms with van der Waals surface area (Å²) >= 11 is 3.48. The first-order chi connectivity index (χ1) is 15.8. The first kappa shape index (κ1) is 23.7. The molecular formula is C23H26BrN3O5S. The maximum absolute atomic E-state index is 13.3. The van der Waals surface area contributed by atoms with Gasteiger partial charge in [0.15, 0.2) is 0 Å². The Hall–Kier alpha value is -2.43. The van der Waals surface area contributed by atoms with Crippen molar-refractivity contribution in [3.05, 3.63) is 52.5 Å². The van der Waals surface area contributed by atoms with Crippen molar-refractivity contribution in [1.29, 1.82) is 0 Å². The van der Waals surface area contributed by atoms with Crippen molar-refractivity contribution in [2.75, 3.05) is 49.6 Å². The zero-order valence-electron chi connectivity index (χ0n) is 18.4. The van der Waals surface area contributed by atoms with Crippen molar-refractivity contribution in [3.63, 3.8) is 0 Å². The molecule has 0 spiro atoms. The van der Waals surface area contributed by atoms with Gasteiger partial charge >= 0.3 is 5.97 Å². The molecular weight excluding hydrogens is 510 g/mol. The molecule has 8 nitrogen and oxygen atoms in total. The fourth-order valence-corrected chi connectivity index (χ4v) is 6.11. The number of esters is 1. The molecule has 2 aromatic rings.